The molecule has 0 spiro atoms. The fraction of sp³-hybridized carbons (Fsp3) is 0.0625. The van der Waals surface area contributed by atoms with Gasteiger partial charge in [-0.2, -0.15) is 4.72 Å². The Morgan fingerprint density at radius 3 is 2.48 bits per heavy atom. The molecule has 3 N–H and O–H groups in total. The van der Waals surface area contributed by atoms with Gasteiger partial charge in [-0.25, -0.2) is 12.8 Å². The van der Waals surface area contributed by atoms with Crippen LogP contribution in [0.1, 0.15) is 15.9 Å². The van der Waals surface area contributed by atoms with Gasteiger partial charge < -0.3 is 5.73 Å². The monoisotopic (exact) mass is 332 g/mol. The first-order valence-corrected chi connectivity index (χ1v) is 8.01. The minimum absolute atomic E-state index is 0.129. The topological polar surface area (TPSA) is 89.3 Å². The molecule has 118 valence electrons. The first kappa shape index (κ1) is 16.7. The molecule has 0 aliphatic carbocycles. The second kappa shape index (κ2) is 7.05. The number of benzene rings is 2. The van der Waals surface area contributed by atoms with E-state index in [1.54, 1.807) is 12.1 Å². The summed E-state index contributed by atoms with van der Waals surface area (Å²) in [5.41, 5.74) is 6.10. The maximum absolute atomic E-state index is 13.0. The van der Waals surface area contributed by atoms with Gasteiger partial charge in [-0.1, -0.05) is 17.9 Å². The van der Waals surface area contributed by atoms with Gasteiger partial charge in [0.1, 0.15) is 5.82 Å². The molecule has 0 aliphatic rings. The first-order valence-electron chi connectivity index (χ1n) is 6.52. The van der Waals surface area contributed by atoms with Crippen molar-refractivity contribution in [2.24, 2.45) is 5.73 Å². The van der Waals surface area contributed by atoms with Gasteiger partial charge in [-0.3, -0.25) is 4.79 Å². The van der Waals surface area contributed by atoms with Crippen LogP contribution in [0.25, 0.3) is 0 Å². The van der Waals surface area contributed by atoms with Crippen LogP contribution in [-0.4, -0.2) is 20.9 Å². The smallest absolute Gasteiger partial charge is 0.248 e. The van der Waals surface area contributed by atoms with Crippen LogP contribution in [-0.2, 0) is 10.0 Å². The van der Waals surface area contributed by atoms with Crippen LogP contribution in [0.4, 0.5) is 4.39 Å². The van der Waals surface area contributed by atoms with E-state index in [1.807, 2.05) is 0 Å². The molecule has 0 fully saturated rings. The molecule has 5 nitrogen and oxygen atoms in total. The van der Waals surface area contributed by atoms with Crippen LogP contribution >= 0.6 is 0 Å². The number of rotatable bonds is 4. The van der Waals surface area contributed by atoms with Crippen molar-refractivity contribution >= 4 is 15.9 Å². The number of carbonyl (C=O) groups is 1. The van der Waals surface area contributed by atoms with Gasteiger partial charge in [0.25, 0.3) is 0 Å². The highest BCUT2D eigenvalue weighted by molar-refractivity contribution is 7.89. The van der Waals surface area contributed by atoms with Crippen LogP contribution < -0.4 is 10.5 Å². The zero-order valence-corrected chi connectivity index (χ0v) is 12.7. The summed E-state index contributed by atoms with van der Waals surface area (Å²) in [4.78, 5) is 10.8. The highest BCUT2D eigenvalue weighted by atomic mass is 32.2. The molecule has 1 amide bonds. The summed E-state index contributed by atoms with van der Waals surface area (Å²) < 4.78 is 39.1. The molecule has 2 aromatic carbocycles. The normalized spacial score (nSPS) is 10.7. The van der Waals surface area contributed by atoms with Gasteiger partial charge in [0.15, 0.2) is 0 Å². The van der Waals surface area contributed by atoms with E-state index < -0.39 is 21.7 Å². The third kappa shape index (κ3) is 4.64. The van der Waals surface area contributed by atoms with Gasteiger partial charge in [-0.05, 0) is 42.5 Å². The SMILES string of the molecule is NC(=O)c1ccc(C#CCNS(=O)(=O)c2cccc(F)c2)cc1. The summed E-state index contributed by atoms with van der Waals surface area (Å²) in [5, 5.41) is 0. The van der Waals surface area contributed by atoms with Crippen LogP contribution in [0.3, 0.4) is 0 Å². The maximum Gasteiger partial charge on any atom is 0.248 e. The zero-order chi connectivity index (χ0) is 16.9. The van der Waals surface area contributed by atoms with Crippen molar-refractivity contribution in [1.29, 1.82) is 0 Å². The van der Waals surface area contributed by atoms with E-state index in [-0.39, 0.29) is 11.4 Å². The van der Waals surface area contributed by atoms with E-state index in [9.17, 15) is 17.6 Å². The van der Waals surface area contributed by atoms with Crippen LogP contribution in [0.2, 0.25) is 0 Å². The number of nitrogens with one attached hydrogen (secondary N) is 1. The fourth-order valence-corrected chi connectivity index (χ4v) is 2.67. The molecule has 0 aliphatic heterocycles. The molecular formula is C16H13FN2O3S. The first-order chi connectivity index (χ1) is 10.9. The lowest BCUT2D eigenvalue weighted by molar-refractivity contribution is 0.100. The Bertz CT molecular complexity index is 882. The second-order valence-corrected chi connectivity index (χ2v) is 6.29. The Balaban J connectivity index is 2.01. The summed E-state index contributed by atoms with van der Waals surface area (Å²) in [6, 6.07) is 11.0. The Morgan fingerprint density at radius 1 is 1.17 bits per heavy atom. The van der Waals surface area contributed by atoms with Crippen LogP contribution in [0, 0.1) is 17.7 Å². The standard InChI is InChI=1S/C16H13FN2O3S/c17-14-4-1-5-15(11-14)23(21,22)19-10-2-3-12-6-8-13(9-7-12)16(18)20/h1,4-9,11,19H,10H2,(H2,18,20). The summed E-state index contributed by atoms with van der Waals surface area (Å²) in [5.74, 6) is 4.22. The summed E-state index contributed by atoms with van der Waals surface area (Å²) in [6.45, 7) is -0.129. The minimum Gasteiger partial charge on any atom is -0.366 e. The van der Waals surface area contributed by atoms with Crippen molar-refractivity contribution in [1.82, 2.24) is 4.72 Å². The van der Waals surface area contributed by atoms with E-state index in [4.69, 9.17) is 5.73 Å². The molecule has 0 aromatic heterocycles. The number of carbonyl (C=O) groups excluding carboxylic acids is 1. The number of hydrogen-bond donors (Lipinski definition) is 2. The van der Waals surface area contributed by atoms with E-state index >= 15 is 0 Å². The van der Waals surface area contributed by atoms with Crippen LogP contribution in [0.5, 0.6) is 0 Å². The Morgan fingerprint density at radius 2 is 1.87 bits per heavy atom. The fourth-order valence-electron chi connectivity index (χ4n) is 1.71. The molecule has 2 aromatic rings. The quantitative estimate of drug-likeness (QED) is 0.826. The van der Waals surface area contributed by atoms with Gasteiger partial charge in [0, 0.05) is 11.1 Å². The van der Waals surface area contributed by atoms with Gasteiger partial charge in [0.05, 0.1) is 11.4 Å². The number of nitrogens with two attached hydrogens (primary N) is 1. The molecule has 2 rings (SSSR count). The van der Waals surface area contributed by atoms with Crippen molar-refractivity contribution in [2.45, 2.75) is 4.90 Å². The van der Waals surface area contributed by atoms with Crippen LogP contribution in [0.15, 0.2) is 53.4 Å². The van der Waals surface area contributed by atoms with E-state index in [0.29, 0.717) is 11.1 Å². The number of sulfonamides is 1. The highest BCUT2D eigenvalue weighted by Crippen LogP contribution is 2.09. The lowest BCUT2D eigenvalue weighted by Crippen LogP contribution is -2.24. The Labute approximate surface area is 133 Å². The summed E-state index contributed by atoms with van der Waals surface area (Å²) >= 11 is 0. The van der Waals surface area contributed by atoms with Crippen molar-refractivity contribution in [3.05, 3.63) is 65.5 Å². The van der Waals surface area contributed by atoms with Crippen molar-refractivity contribution < 1.29 is 17.6 Å². The zero-order valence-electron chi connectivity index (χ0n) is 11.9. The molecule has 0 radical (unpaired) electrons. The average molecular weight is 332 g/mol. The predicted octanol–water partition coefficient (Wildman–Crippen LogP) is 1.25. The molecule has 0 unspecified atom stereocenters. The average Bonchev–Trinajstić information content (AvgIpc) is 2.52. The molecule has 0 heterocycles. The second-order valence-electron chi connectivity index (χ2n) is 4.53. The lowest BCUT2D eigenvalue weighted by Gasteiger charge is -2.03. The van der Waals surface area contributed by atoms with Crippen molar-refractivity contribution in [3.63, 3.8) is 0 Å². The molecule has 0 atom stereocenters. The van der Waals surface area contributed by atoms with Gasteiger partial charge in [0.2, 0.25) is 15.9 Å². The molecule has 23 heavy (non-hydrogen) atoms. The summed E-state index contributed by atoms with van der Waals surface area (Å²) in [7, 11) is -3.81. The summed E-state index contributed by atoms with van der Waals surface area (Å²) in [6.07, 6.45) is 0. The molecule has 0 saturated carbocycles. The highest BCUT2D eigenvalue weighted by Gasteiger charge is 2.12. The minimum atomic E-state index is -3.81. The third-order valence-corrected chi connectivity index (χ3v) is 4.26. The molecule has 0 saturated heterocycles. The van der Waals surface area contributed by atoms with E-state index in [1.165, 1.54) is 24.3 Å². The molecular weight excluding hydrogens is 319 g/mol. The van der Waals surface area contributed by atoms with E-state index in [2.05, 4.69) is 16.6 Å². The van der Waals surface area contributed by atoms with Crippen molar-refractivity contribution in [2.75, 3.05) is 6.54 Å². The number of primary amides is 1. The number of halogens is 1. The van der Waals surface area contributed by atoms with Gasteiger partial charge >= 0.3 is 0 Å². The number of hydrogen-bond acceptors (Lipinski definition) is 3. The molecule has 7 heteroatoms. The lowest BCUT2D eigenvalue weighted by atomic mass is 10.1. The number of amides is 1. The predicted molar refractivity (Wildman–Crippen MR) is 83.4 cm³/mol. The largest absolute Gasteiger partial charge is 0.366 e. The molecule has 0 bridgehead atoms. The van der Waals surface area contributed by atoms with E-state index in [0.717, 1.165) is 12.1 Å². The van der Waals surface area contributed by atoms with Gasteiger partial charge in [-0.15, -0.1) is 0 Å². The Hall–Kier alpha value is -2.69. The maximum atomic E-state index is 13.0. The Kier molecular flexibility index (Phi) is 5.11. The van der Waals surface area contributed by atoms with Crippen molar-refractivity contribution in [3.8, 4) is 11.8 Å². The third-order valence-electron chi connectivity index (χ3n) is 2.86.